The highest BCUT2D eigenvalue weighted by Gasteiger charge is 2.15. The number of halogens is 2. The van der Waals surface area contributed by atoms with E-state index in [0.29, 0.717) is 0 Å². The van der Waals surface area contributed by atoms with Crippen LogP contribution in [-0.2, 0) is 18.3 Å². The Morgan fingerprint density at radius 3 is 1.94 bits per heavy atom. The van der Waals surface area contributed by atoms with Crippen LogP contribution in [0.2, 0.25) is 0 Å². The Morgan fingerprint density at radius 2 is 1.44 bits per heavy atom. The van der Waals surface area contributed by atoms with Gasteiger partial charge in [0.1, 0.15) is 0 Å². The summed E-state index contributed by atoms with van der Waals surface area (Å²) >= 11 is 11.6. The first-order chi connectivity index (χ1) is 8.49. The lowest BCUT2D eigenvalue weighted by Crippen LogP contribution is -2.12. The van der Waals surface area contributed by atoms with Gasteiger partial charge in [-0.15, -0.1) is 23.2 Å². The van der Waals surface area contributed by atoms with Crippen molar-refractivity contribution in [1.82, 2.24) is 0 Å². The second kappa shape index (κ2) is 7.40. The molecule has 1 rings (SSSR count). The van der Waals surface area contributed by atoms with Crippen LogP contribution in [0.3, 0.4) is 0 Å². The molecule has 0 radical (unpaired) electrons. The average molecular weight is 287 g/mol. The van der Waals surface area contributed by atoms with E-state index in [1.54, 1.807) is 0 Å². The summed E-state index contributed by atoms with van der Waals surface area (Å²) < 4.78 is 0. The van der Waals surface area contributed by atoms with Crippen molar-refractivity contribution in [2.45, 2.75) is 51.9 Å². The molecular weight excluding hydrogens is 263 g/mol. The maximum atomic E-state index is 5.82. The predicted molar refractivity (Wildman–Crippen MR) is 83.2 cm³/mol. The van der Waals surface area contributed by atoms with Crippen molar-refractivity contribution in [3.05, 3.63) is 34.9 Å². The summed E-state index contributed by atoms with van der Waals surface area (Å²) in [7, 11) is 0. The number of hydrogen-bond acceptors (Lipinski definition) is 0. The van der Waals surface area contributed by atoms with E-state index in [2.05, 4.69) is 39.0 Å². The van der Waals surface area contributed by atoms with E-state index in [0.717, 1.165) is 37.4 Å². The highest BCUT2D eigenvalue weighted by Crippen LogP contribution is 2.26. The summed E-state index contributed by atoms with van der Waals surface area (Å²) in [5.41, 5.74) is 4.50. The molecule has 1 aromatic rings. The van der Waals surface area contributed by atoms with Gasteiger partial charge in [-0.05, 0) is 47.8 Å². The Bertz CT molecular complexity index is 364. The fourth-order valence-electron chi connectivity index (χ4n) is 2.08. The van der Waals surface area contributed by atoms with Crippen molar-refractivity contribution >= 4 is 23.2 Å². The van der Waals surface area contributed by atoms with Crippen molar-refractivity contribution in [3.8, 4) is 0 Å². The molecular formula is C16H24Cl2. The van der Waals surface area contributed by atoms with E-state index in [9.17, 15) is 0 Å². The zero-order valence-electron chi connectivity index (χ0n) is 11.7. The van der Waals surface area contributed by atoms with Crippen LogP contribution >= 0.6 is 23.2 Å². The molecule has 0 bridgehead atoms. The van der Waals surface area contributed by atoms with Crippen molar-refractivity contribution < 1.29 is 0 Å². The van der Waals surface area contributed by atoms with Crippen LogP contribution in [0, 0.1) is 0 Å². The first-order valence-corrected chi connectivity index (χ1v) is 7.80. The highest BCUT2D eigenvalue weighted by molar-refractivity contribution is 6.18. The number of hydrogen-bond donors (Lipinski definition) is 0. The standard InChI is InChI=1S/C16H24Cl2/c1-16(2,3)15-9-8-13(6-4-10-17)14(12-15)7-5-11-18/h8-9,12H,4-7,10-11H2,1-3H3. The zero-order valence-corrected chi connectivity index (χ0v) is 13.2. The number of benzene rings is 1. The second-order valence-electron chi connectivity index (χ2n) is 5.82. The molecule has 0 aromatic heterocycles. The minimum Gasteiger partial charge on any atom is -0.127 e. The van der Waals surface area contributed by atoms with Crippen LogP contribution in [0.25, 0.3) is 0 Å². The third-order valence-corrected chi connectivity index (χ3v) is 3.77. The number of aryl methyl sites for hydroxylation is 2. The molecule has 18 heavy (non-hydrogen) atoms. The van der Waals surface area contributed by atoms with Gasteiger partial charge in [-0.25, -0.2) is 0 Å². The summed E-state index contributed by atoms with van der Waals surface area (Å²) in [6, 6.07) is 6.89. The van der Waals surface area contributed by atoms with E-state index in [-0.39, 0.29) is 5.41 Å². The van der Waals surface area contributed by atoms with E-state index in [1.165, 1.54) is 16.7 Å². The SMILES string of the molecule is CC(C)(C)c1ccc(CCCCl)c(CCCCl)c1. The summed E-state index contributed by atoms with van der Waals surface area (Å²) in [5.74, 6) is 1.46. The third-order valence-electron chi connectivity index (χ3n) is 3.23. The van der Waals surface area contributed by atoms with Crippen LogP contribution in [-0.4, -0.2) is 11.8 Å². The fraction of sp³-hybridized carbons (Fsp3) is 0.625. The lowest BCUT2D eigenvalue weighted by molar-refractivity contribution is 0.588. The Hall–Kier alpha value is -0.200. The number of alkyl halides is 2. The Kier molecular flexibility index (Phi) is 6.52. The van der Waals surface area contributed by atoms with Crippen molar-refractivity contribution in [1.29, 1.82) is 0 Å². The molecule has 0 aliphatic carbocycles. The topological polar surface area (TPSA) is 0 Å². The number of rotatable bonds is 6. The Labute approximate surface area is 122 Å². The van der Waals surface area contributed by atoms with Gasteiger partial charge in [0.25, 0.3) is 0 Å². The lowest BCUT2D eigenvalue weighted by Gasteiger charge is -2.21. The normalized spacial score (nSPS) is 11.8. The molecule has 102 valence electrons. The monoisotopic (exact) mass is 286 g/mol. The molecule has 0 nitrogen and oxygen atoms in total. The summed E-state index contributed by atoms with van der Waals surface area (Å²) in [5, 5.41) is 0. The molecule has 0 saturated heterocycles. The molecule has 1 aromatic carbocycles. The van der Waals surface area contributed by atoms with Crippen LogP contribution in [0.1, 0.15) is 50.3 Å². The van der Waals surface area contributed by atoms with Gasteiger partial charge in [-0.2, -0.15) is 0 Å². The predicted octanol–water partition coefficient (Wildman–Crippen LogP) is 5.33. The quantitative estimate of drug-likeness (QED) is 0.621. The zero-order chi connectivity index (χ0) is 13.6. The minimum absolute atomic E-state index is 0.209. The Morgan fingerprint density at radius 1 is 0.889 bits per heavy atom. The molecule has 0 N–H and O–H groups in total. The minimum atomic E-state index is 0.209. The second-order valence-corrected chi connectivity index (χ2v) is 6.57. The van der Waals surface area contributed by atoms with Crippen LogP contribution in [0.4, 0.5) is 0 Å². The molecule has 0 unspecified atom stereocenters. The van der Waals surface area contributed by atoms with Gasteiger partial charge in [-0.1, -0.05) is 39.0 Å². The fourth-order valence-corrected chi connectivity index (χ4v) is 2.35. The lowest BCUT2D eigenvalue weighted by atomic mass is 9.84. The summed E-state index contributed by atoms with van der Waals surface area (Å²) in [6.45, 7) is 6.77. The smallest absolute Gasteiger partial charge is 0.0226 e. The van der Waals surface area contributed by atoms with Gasteiger partial charge in [0, 0.05) is 11.8 Å². The van der Waals surface area contributed by atoms with Gasteiger partial charge in [0.2, 0.25) is 0 Å². The van der Waals surface area contributed by atoms with Crippen LogP contribution < -0.4 is 0 Å². The summed E-state index contributed by atoms with van der Waals surface area (Å²) in [6.07, 6.45) is 4.24. The van der Waals surface area contributed by atoms with Gasteiger partial charge in [-0.3, -0.25) is 0 Å². The van der Waals surface area contributed by atoms with Gasteiger partial charge >= 0.3 is 0 Å². The van der Waals surface area contributed by atoms with E-state index >= 15 is 0 Å². The molecule has 0 aliphatic rings. The van der Waals surface area contributed by atoms with Crippen LogP contribution in [0.5, 0.6) is 0 Å². The Balaban J connectivity index is 2.96. The molecule has 2 heteroatoms. The molecule has 0 atom stereocenters. The maximum Gasteiger partial charge on any atom is 0.0226 e. The molecule has 0 aliphatic heterocycles. The molecule has 0 heterocycles. The van der Waals surface area contributed by atoms with E-state index in [4.69, 9.17) is 23.2 Å². The highest BCUT2D eigenvalue weighted by atomic mass is 35.5. The van der Waals surface area contributed by atoms with Crippen molar-refractivity contribution in [2.75, 3.05) is 11.8 Å². The maximum absolute atomic E-state index is 5.82. The van der Waals surface area contributed by atoms with Crippen LogP contribution in [0.15, 0.2) is 18.2 Å². The first-order valence-electron chi connectivity index (χ1n) is 6.73. The molecule has 0 spiro atoms. The molecule has 0 fully saturated rings. The average Bonchev–Trinajstić information content (AvgIpc) is 2.33. The first kappa shape index (κ1) is 15.9. The van der Waals surface area contributed by atoms with Crippen molar-refractivity contribution in [2.24, 2.45) is 0 Å². The van der Waals surface area contributed by atoms with E-state index in [1.807, 2.05) is 0 Å². The third kappa shape index (κ3) is 4.82. The summed E-state index contributed by atoms with van der Waals surface area (Å²) in [4.78, 5) is 0. The van der Waals surface area contributed by atoms with Gasteiger partial charge < -0.3 is 0 Å². The van der Waals surface area contributed by atoms with E-state index < -0.39 is 0 Å². The molecule has 0 amide bonds. The van der Waals surface area contributed by atoms with Crippen molar-refractivity contribution in [3.63, 3.8) is 0 Å². The van der Waals surface area contributed by atoms with Gasteiger partial charge in [0.15, 0.2) is 0 Å². The van der Waals surface area contributed by atoms with Gasteiger partial charge in [0.05, 0.1) is 0 Å². The molecule has 0 saturated carbocycles. The largest absolute Gasteiger partial charge is 0.127 e.